The summed E-state index contributed by atoms with van der Waals surface area (Å²) in [7, 11) is 0. The monoisotopic (exact) mass is 266 g/mol. The van der Waals surface area contributed by atoms with Crippen molar-refractivity contribution in [2.45, 2.75) is 13.8 Å². The molecule has 0 aliphatic carbocycles. The van der Waals surface area contributed by atoms with Crippen LogP contribution in [0.3, 0.4) is 0 Å². The smallest absolute Gasteiger partial charge is 0.259 e. The summed E-state index contributed by atoms with van der Waals surface area (Å²) in [5, 5.41) is 3.85. The lowest BCUT2D eigenvalue weighted by Crippen LogP contribution is -2.12. The number of carbonyl (C=O) groups excluding carboxylic acids is 1. The largest absolute Gasteiger partial charge is 0.469 e. The predicted octanol–water partition coefficient (Wildman–Crippen LogP) is 3.70. The van der Waals surface area contributed by atoms with Crippen molar-refractivity contribution in [2.75, 3.05) is 5.32 Å². The fourth-order valence-electron chi connectivity index (χ4n) is 2.18. The number of nitrogens with one attached hydrogen (secondary N) is 1. The maximum atomic E-state index is 12.2. The van der Waals surface area contributed by atoms with E-state index in [1.54, 1.807) is 25.3 Å². The van der Waals surface area contributed by atoms with E-state index in [0.29, 0.717) is 11.3 Å². The van der Waals surface area contributed by atoms with Gasteiger partial charge in [-0.1, -0.05) is 11.6 Å². The Morgan fingerprint density at radius 3 is 2.80 bits per heavy atom. The topological polar surface area (TPSA) is 55.1 Å². The Hall–Kier alpha value is -2.62. The summed E-state index contributed by atoms with van der Waals surface area (Å²) in [6.07, 6.45) is 3.20. The van der Waals surface area contributed by atoms with E-state index in [1.807, 2.05) is 25.1 Å². The minimum absolute atomic E-state index is 0.176. The Morgan fingerprint density at radius 1 is 1.20 bits per heavy atom. The average Bonchev–Trinajstić information content (AvgIpc) is 2.86. The summed E-state index contributed by atoms with van der Waals surface area (Å²) < 4.78 is 5.16. The molecule has 4 heteroatoms. The minimum Gasteiger partial charge on any atom is -0.469 e. The maximum Gasteiger partial charge on any atom is 0.259 e. The van der Waals surface area contributed by atoms with Gasteiger partial charge in [0.05, 0.1) is 23.0 Å². The van der Waals surface area contributed by atoms with E-state index >= 15 is 0 Å². The van der Waals surface area contributed by atoms with E-state index in [-0.39, 0.29) is 5.91 Å². The number of hydrogen-bond donors (Lipinski definition) is 1. The number of aryl methyl sites for hydroxylation is 2. The van der Waals surface area contributed by atoms with Crippen molar-refractivity contribution < 1.29 is 9.21 Å². The normalized spacial score (nSPS) is 10.7. The van der Waals surface area contributed by atoms with Gasteiger partial charge in [-0.15, -0.1) is 0 Å². The zero-order chi connectivity index (χ0) is 14.1. The highest BCUT2D eigenvalue weighted by Gasteiger charge is 2.13. The van der Waals surface area contributed by atoms with Crippen molar-refractivity contribution in [1.82, 2.24) is 4.98 Å². The van der Waals surface area contributed by atoms with Gasteiger partial charge in [0.15, 0.2) is 0 Å². The first kappa shape index (κ1) is 12.4. The van der Waals surface area contributed by atoms with Gasteiger partial charge in [-0.2, -0.15) is 0 Å². The Morgan fingerprint density at radius 2 is 2.05 bits per heavy atom. The molecule has 0 aliphatic rings. The molecule has 20 heavy (non-hydrogen) atoms. The van der Waals surface area contributed by atoms with E-state index in [9.17, 15) is 4.79 Å². The van der Waals surface area contributed by atoms with Crippen LogP contribution in [0.2, 0.25) is 0 Å². The zero-order valence-corrected chi connectivity index (χ0v) is 11.3. The van der Waals surface area contributed by atoms with Crippen molar-refractivity contribution in [3.05, 3.63) is 59.7 Å². The van der Waals surface area contributed by atoms with Crippen molar-refractivity contribution in [3.8, 4) is 0 Å². The van der Waals surface area contributed by atoms with Gasteiger partial charge in [-0.25, -0.2) is 0 Å². The van der Waals surface area contributed by atoms with Crippen molar-refractivity contribution >= 4 is 22.5 Å². The molecule has 0 fully saturated rings. The van der Waals surface area contributed by atoms with Crippen molar-refractivity contribution in [1.29, 1.82) is 0 Å². The molecule has 0 unspecified atom stereocenters. The van der Waals surface area contributed by atoms with Crippen LogP contribution >= 0.6 is 0 Å². The Labute approximate surface area is 116 Å². The van der Waals surface area contributed by atoms with Crippen LogP contribution < -0.4 is 5.32 Å². The predicted molar refractivity (Wildman–Crippen MR) is 77.9 cm³/mol. The van der Waals surface area contributed by atoms with E-state index in [1.165, 1.54) is 6.26 Å². The Kier molecular flexibility index (Phi) is 2.99. The highest BCUT2D eigenvalue weighted by Crippen LogP contribution is 2.23. The summed E-state index contributed by atoms with van der Waals surface area (Å²) in [6, 6.07) is 9.43. The van der Waals surface area contributed by atoms with Gasteiger partial charge in [-0.3, -0.25) is 9.78 Å². The first-order chi connectivity index (χ1) is 9.65. The van der Waals surface area contributed by atoms with Gasteiger partial charge >= 0.3 is 0 Å². The SMILES string of the molecule is Cc1ccc2nccc(NC(=O)c3ccoc3C)c2c1. The molecule has 1 N–H and O–H groups in total. The molecule has 0 atom stereocenters. The lowest BCUT2D eigenvalue weighted by atomic mass is 10.1. The number of amides is 1. The molecule has 0 spiro atoms. The molecule has 0 bridgehead atoms. The lowest BCUT2D eigenvalue weighted by molar-refractivity contribution is 0.102. The van der Waals surface area contributed by atoms with E-state index in [0.717, 1.165) is 22.2 Å². The molecule has 2 aromatic heterocycles. The molecule has 0 radical (unpaired) electrons. The number of rotatable bonds is 2. The molecule has 0 saturated heterocycles. The van der Waals surface area contributed by atoms with E-state index in [2.05, 4.69) is 10.3 Å². The number of aromatic nitrogens is 1. The fourth-order valence-corrected chi connectivity index (χ4v) is 2.18. The standard InChI is InChI=1S/C16H14N2O2/c1-10-3-4-14-13(9-10)15(5-7-17-14)18-16(19)12-6-8-20-11(12)2/h3-9H,1-2H3,(H,17,18,19). The summed E-state index contributed by atoms with van der Waals surface area (Å²) in [4.78, 5) is 16.5. The summed E-state index contributed by atoms with van der Waals surface area (Å²) in [6.45, 7) is 3.78. The molecule has 2 heterocycles. The van der Waals surface area contributed by atoms with Crippen LogP contribution in [0.5, 0.6) is 0 Å². The van der Waals surface area contributed by atoms with Crippen LogP contribution in [0.15, 0.2) is 47.2 Å². The summed E-state index contributed by atoms with van der Waals surface area (Å²) in [5.74, 6) is 0.433. The van der Waals surface area contributed by atoms with Gasteiger partial charge in [0.2, 0.25) is 0 Å². The van der Waals surface area contributed by atoms with Gasteiger partial charge < -0.3 is 9.73 Å². The molecule has 3 aromatic rings. The highest BCUT2D eigenvalue weighted by atomic mass is 16.3. The summed E-state index contributed by atoms with van der Waals surface area (Å²) in [5.41, 5.74) is 3.28. The molecule has 1 amide bonds. The van der Waals surface area contributed by atoms with Crippen LogP contribution in [0.1, 0.15) is 21.7 Å². The molecule has 4 nitrogen and oxygen atoms in total. The second-order valence-electron chi connectivity index (χ2n) is 4.72. The molecular formula is C16H14N2O2. The number of benzene rings is 1. The second-order valence-corrected chi connectivity index (χ2v) is 4.72. The third-order valence-electron chi connectivity index (χ3n) is 3.25. The third kappa shape index (κ3) is 2.16. The average molecular weight is 266 g/mol. The van der Waals surface area contributed by atoms with Crippen molar-refractivity contribution in [3.63, 3.8) is 0 Å². The lowest BCUT2D eigenvalue weighted by Gasteiger charge is -2.08. The van der Waals surface area contributed by atoms with Gasteiger partial charge in [-0.05, 0) is 38.1 Å². The molecule has 0 saturated carbocycles. The first-order valence-electron chi connectivity index (χ1n) is 6.36. The zero-order valence-electron chi connectivity index (χ0n) is 11.3. The van der Waals surface area contributed by atoms with Crippen molar-refractivity contribution in [2.24, 2.45) is 0 Å². The third-order valence-corrected chi connectivity index (χ3v) is 3.25. The van der Waals surface area contributed by atoms with Crippen LogP contribution in [0.25, 0.3) is 10.9 Å². The minimum atomic E-state index is -0.176. The second kappa shape index (κ2) is 4.81. The van der Waals surface area contributed by atoms with Crippen LogP contribution in [0, 0.1) is 13.8 Å². The molecular weight excluding hydrogens is 252 g/mol. The number of anilines is 1. The fraction of sp³-hybridized carbons (Fsp3) is 0.125. The number of nitrogens with zero attached hydrogens (tertiary/aromatic N) is 1. The number of pyridine rings is 1. The number of carbonyl (C=O) groups is 1. The molecule has 100 valence electrons. The van der Waals surface area contributed by atoms with Gasteiger partial charge in [0.1, 0.15) is 5.76 Å². The number of fused-ring (bicyclic) bond motifs is 1. The Balaban J connectivity index is 2.01. The summed E-state index contributed by atoms with van der Waals surface area (Å²) >= 11 is 0. The van der Waals surface area contributed by atoms with Crippen LogP contribution in [-0.2, 0) is 0 Å². The number of furan rings is 1. The van der Waals surface area contributed by atoms with Gasteiger partial charge in [0, 0.05) is 11.6 Å². The maximum absolute atomic E-state index is 12.2. The quantitative estimate of drug-likeness (QED) is 0.769. The first-order valence-corrected chi connectivity index (χ1v) is 6.36. The van der Waals surface area contributed by atoms with Gasteiger partial charge in [0.25, 0.3) is 5.91 Å². The molecule has 3 rings (SSSR count). The highest BCUT2D eigenvalue weighted by molar-refractivity contribution is 6.09. The number of hydrogen-bond acceptors (Lipinski definition) is 3. The van der Waals surface area contributed by atoms with E-state index < -0.39 is 0 Å². The Bertz CT molecular complexity index is 790. The van der Waals surface area contributed by atoms with Crippen LogP contribution in [-0.4, -0.2) is 10.9 Å². The molecule has 1 aromatic carbocycles. The molecule has 0 aliphatic heterocycles. The van der Waals surface area contributed by atoms with E-state index in [4.69, 9.17) is 4.42 Å². The van der Waals surface area contributed by atoms with Crippen LogP contribution in [0.4, 0.5) is 5.69 Å².